The fourth-order valence-corrected chi connectivity index (χ4v) is 11.4. The number of carbonyl (C=O) groups is 1. The normalized spacial score (nSPS) is 32.8. The summed E-state index contributed by atoms with van der Waals surface area (Å²) in [5, 5.41) is 30.4. The van der Waals surface area contributed by atoms with E-state index in [-0.39, 0.29) is 38.7 Å². The van der Waals surface area contributed by atoms with Gasteiger partial charge in [0.25, 0.3) is 0 Å². The molecule has 0 saturated heterocycles. The Morgan fingerprint density at radius 3 is 1.76 bits per heavy atom. The van der Waals surface area contributed by atoms with Crippen LogP contribution in [0.25, 0.3) is 0 Å². The van der Waals surface area contributed by atoms with Crippen molar-refractivity contribution in [1.82, 2.24) is 0 Å². The van der Waals surface area contributed by atoms with Crippen molar-refractivity contribution in [2.45, 2.75) is 211 Å². The highest BCUT2D eigenvalue weighted by atomic mass is 28.4. The smallest absolute Gasteiger partial charge is 0.192 e. The lowest BCUT2D eigenvalue weighted by atomic mass is 9.59. The predicted octanol–water partition coefficient (Wildman–Crippen LogP) is 12.5. The molecule has 0 radical (unpaired) electrons. The van der Waals surface area contributed by atoms with E-state index in [9.17, 15) is 20.1 Å². The third-order valence-electron chi connectivity index (χ3n) is 17.0. The van der Waals surface area contributed by atoms with Gasteiger partial charge in [0.15, 0.2) is 8.32 Å². The number of aliphatic hydroxyl groups excluding tert-OH is 3. The summed E-state index contributed by atoms with van der Waals surface area (Å²) in [6.07, 6.45) is 16.5. The summed E-state index contributed by atoms with van der Waals surface area (Å²) in [5.41, 5.74) is 2.44. The second-order valence-corrected chi connectivity index (χ2v) is 27.1. The highest BCUT2D eigenvalue weighted by Crippen LogP contribution is 2.61. The second kappa shape index (κ2) is 19.3. The molecule has 0 unspecified atom stereocenters. The van der Waals surface area contributed by atoms with Crippen LogP contribution in [0.15, 0.2) is 36.0 Å². The number of allylic oxidation sites excluding steroid dienone is 3. The average Bonchev–Trinajstić information content (AvgIpc) is 3.45. The van der Waals surface area contributed by atoms with Crippen LogP contribution in [0.5, 0.6) is 0 Å². The second-order valence-electron chi connectivity index (χ2n) is 22.3. The zero-order valence-corrected chi connectivity index (χ0v) is 40.0. The monoisotopic (exact) mass is 787 g/mol. The molecule has 0 heterocycles. The molecule has 0 aromatic carbocycles. The first-order valence-corrected chi connectivity index (χ1v) is 25.1. The molecule has 0 amide bonds. The summed E-state index contributed by atoms with van der Waals surface area (Å²) < 4.78 is 6.79. The topological polar surface area (TPSA) is 87.0 Å². The standard InChI is InChI=1S/C26H44O3.C23H46O2Si/c1-17(2)23(28)12-11-18(3)26(7)14-13-21(25(26,5)6)10-8-9-20-15-22(27)16-24(29)19(20)4;1-17(2)20(25-26(10,11)21(4,5)6)13-12-18(3)23(9)15-14-19(16-24)22(23,7)8/h8-10,17-18,21-24,27-29H,4,11-16H2,1-3,5-7H3;16-20H,12-15H2,1-11H3/b10-8+,20-9-;/t18-,21+,22+,23-,24-,26+;18-,19-,20+,23+/m00/s1. The molecule has 3 saturated carbocycles. The van der Waals surface area contributed by atoms with E-state index in [0.29, 0.717) is 48.5 Å². The van der Waals surface area contributed by atoms with Crippen molar-refractivity contribution >= 4 is 14.6 Å². The Balaban J connectivity index is 0.000000383. The van der Waals surface area contributed by atoms with Crippen molar-refractivity contribution in [3.63, 3.8) is 0 Å². The van der Waals surface area contributed by atoms with Crippen LogP contribution in [0.3, 0.4) is 0 Å². The molecule has 3 aliphatic carbocycles. The summed E-state index contributed by atoms with van der Waals surface area (Å²) in [6, 6.07) is 0. The van der Waals surface area contributed by atoms with Gasteiger partial charge < -0.3 is 24.5 Å². The van der Waals surface area contributed by atoms with Crippen molar-refractivity contribution in [2.75, 3.05) is 0 Å². The molecule has 10 atom stereocenters. The summed E-state index contributed by atoms with van der Waals surface area (Å²) in [7, 11) is -1.74. The minimum Gasteiger partial charge on any atom is -0.414 e. The lowest BCUT2D eigenvalue weighted by Crippen LogP contribution is -2.45. The van der Waals surface area contributed by atoms with Crippen molar-refractivity contribution in [2.24, 2.45) is 57.2 Å². The van der Waals surface area contributed by atoms with Gasteiger partial charge >= 0.3 is 0 Å². The maximum atomic E-state index is 11.5. The van der Waals surface area contributed by atoms with Crippen LogP contribution < -0.4 is 0 Å². The van der Waals surface area contributed by atoms with E-state index in [1.165, 1.54) is 32.0 Å². The molecule has 320 valence electrons. The number of aliphatic hydroxyl groups is 3. The molecular formula is C49H90O5Si. The van der Waals surface area contributed by atoms with E-state index in [1.807, 2.05) is 6.08 Å². The van der Waals surface area contributed by atoms with Crippen LogP contribution in [0.1, 0.15) is 168 Å². The summed E-state index contributed by atoms with van der Waals surface area (Å²) in [5.74, 6) is 2.73. The lowest BCUT2D eigenvalue weighted by Gasteiger charge is -2.46. The largest absolute Gasteiger partial charge is 0.414 e. The van der Waals surface area contributed by atoms with E-state index in [2.05, 4.69) is 136 Å². The van der Waals surface area contributed by atoms with Gasteiger partial charge in [0.1, 0.15) is 6.29 Å². The third kappa shape index (κ3) is 11.6. The maximum Gasteiger partial charge on any atom is 0.192 e. The van der Waals surface area contributed by atoms with Gasteiger partial charge in [0, 0.05) is 18.4 Å². The third-order valence-corrected chi connectivity index (χ3v) is 21.5. The molecule has 0 aromatic heterocycles. The van der Waals surface area contributed by atoms with Crippen LogP contribution in [-0.2, 0) is 9.22 Å². The van der Waals surface area contributed by atoms with Crippen LogP contribution in [0.4, 0.5) is 0 Å². The van der Waals surface area contributed by atoms with E-state index >= 15 is 0 Å². The molecule has 55 heavy (non-hydrogen) atoms. The SMILES string of the molecule is C=C1/C(=C\C=C\[C@@H]2CC[C@](C)([C@@H](C)CC[C@H](O)C(C)C)C2(C)C)C[C@@H](O)C[C@@H]1O.CC(C)[C@@H](CC[C@H](C)[C@@]1(C)CC[C@@H](C=O)C1(C)C)O[Si](C)(C)C(C)(C)C. The Morgan fingerprint density at radius 1 is 0.818 bits per heavy atom. The number of carbonyl (C=O) groups excluding carboxylic acids is 1. The van der Waals surface area contributed by atoms with Gasteiger partial charge in [0.05, 0.1) is 18.3 Å². The number of hydrogen-bond acceptors (Lipinski definition) is 5. The summed E-state index contributed by atoms with van der Waals surface area (Å²) in [4.78, 5) is 11.5. The summed E-state index contributed by atoms with van der Waals surface area (Å²) >= 11 is 0. The van der Waals surface area contributed by atoms with Gasteiger partial charge in [-0.15, -0.1) is 0 Å². The molecule has 0 aromatic rings. The Labute approximate surface area is 341 Å². The molecule has 0 bridgehead atoms. The molecule has 3 aliphatic rings. The molecule has 3 rings (SSSR count). The quantitative estimate of drug-likeness (QED) is 0.114. The number of aldehydes is 1. The summed E-state index contributed by atoms with van der Waals surface area (Å²) in [6.45, 7) is 43.5. The first-order chi connectivity index (χ1) is 25.0. The fraction of sp³-hybridized carbons (Fsp3) is 0.857. The van der Waals surface area contributed by atoms with E-state index < -0.39 is 20.5 Å². The highest BCUT2D eigenvalue weighted by Gasteiger charge is 2.54. The number of rotatable bonds is 15. The molecule has 0 spiro atoms. The van der Waals surface area contributed by atoms with E-state index in [4.69, 9.17) is 4.43 Å². The Kier molecular flexibility index (Phi) is 17.6. The zero-order chi connectivity index (χ0) is 42.5. The Bertz CT molecular complexity index is 1300. The molecule has 6 heteroatoms. The van der Waals surface area contributed by atoms with Crippen molar-refractivity contribution in [3.05, 3.63) is 36.0 Å². The van der Waals surface area contributed by atoms with Crippen LogP contribution >= 0.6 is 0 Å². The van der Waals surface area contributed by atoms with Gasteiger partial charge in [-0.3, -0.25) is 0 Å². The predicted molar refractivity (Wildman–Crippen MR) is 237 cm³/mol. The van der Waals surface area contributed by atoms with Gasteiger partial charge in [-0.05, 0) is 138 Å². The molecular weight excluding hydrogens is 697 g/mol. The highest BCUT2D eigenvalue weighted by molar-refractivity contribution is 6.74. The lowest BCUT2D eigenvalue weighted by molar-refractivity contribution is -0.115. The Hall–Kier alpha value is -1.05. The van der Waals surface area contributed by atoms with Gasteiger partial charge in [-0.25, -0.2) is 0 Å². The Morgan fingerprint density at radius 2 is 1.31 bits per heavy atom. The average molecular weight is 787 g/mol. The fourth-order valence-electron chi connectivity index (χ4n) is 9.91. The molecule has 3 fully saturated rings. The minimum atomic E-state index is -1.74. The van der Waals surface area contributed by atoms with E-state index in [0.717, 1.165) is 36.8 Å². The van der Waals surface area contributed by atoms with Crippen molar-refractivity contribution in [3.8, 4) is 0 Å². The number of hydrogen-bond donors (Lipinski definition) is 3. The molecule has 0 aliphatic heterocycles. The molecule has 5 nitrogen and oxygen atoms in total. The maximum absolute atomic E-state index is 11.5. The molecule has 3 N–H and O–H groups in total. The van der Waals surface area contributed by atoms with Gasteiger partial charge in [-0.2, -0.15) is 0 Å². The van der Waals surface area contributed by atoms with E-state index in [1.54, 1.807) is 0 Å². The first kappa shape index (κ1) is 50.1. The minimum absolute atomic E-state index is 0.0851. The van der Waals surface area contributed by atoms with Gasteiger partial charge in [0.2, 0.25) is 0 Å². The van der Waals surface area contributed by atoms with Crippen LogP contribution in [-0.4, -0.2) is 54.3 Å². The zero-order valence-electron chi connectivity index (χ0n) is 39.0. The first-order valence-electron chi connectivity index (χ1n) is 22.2. The van der Waals surface area contributed by atoms with Crippen LogP contribution in [0, 0.1) is 57.2 Å². The van der Waals surface area contributed by atoms with Crippen molar-refractivity contribution in [1.29, 1.82) is 0 Å². The van der Waals surface area contributed by atoms with Gasteiger partial charge in [-0.1, -0.05) is 129 Å². The van der Waals surface area contributed by atoms with Crippen molar-refractivity contribution < 1.29 is 24.5 Å². The van der Waals surface area contributed by atoms with Crippen LogP contribution in [0.2, 0.25) is 18.1 Å².